The zero-order chi connectivity index (χ0) is 18.9. The molecule has 7 nitrogen and oxygen atoms in total. The predicted octanol–water partition coefficient (Wildman–Crippen LogP) is 3.28. The van der Waals surface area contributed by atoms with E-state index in [1.165, 1.54) is 12.1 Å². The highest BCUT2D eigenvalue weighted by Crippen LogP contribution is 2.25. The number of carbonyl (C=O) groups excluding carboxylic acids is 1. The number of nitriles is 1. The number of ether oxygens (including phenoxy) is 1. The van der Waals surface area contributed by atoms with Crippen LogP contribution in [0, 0.1) is 21.4 Å². The quantitative estimate of drug-likeness (QED) is 0.536. The third kappa shape index (κ3) is 5.05. The van der Waals surface area contributed by atoms with Crippen molar-refractivity contribution in [2.45, 2.75) is 19.9 Å². The second kappa shape index (κ2) is 9.18. The number of hydrogen-bond donors (Lipinski definition) is 0. The highest BCUT2D eigenvalue weighted by Gasteiger charge is 2.18. The van der Waals surface area contributed by atoms with Crippen LogP contribution in [0.15, 0.2) is 48.5 Å². The van der Waals surface area contributed by atoms with Gasteiger partial charge in [-0.15, -0.1) is 0 Å². The van der Waals surface area contributed by atoms with E-state index in [9.17, 15) is 14.9 Å². The van der Waals surface area contributed by atoms with Crippen molar-refractivity contribution in [1.29, 1.82) is 5.26 Å². The number of hydrogen-bond acceptors (Lipinski definition) is 5. The van der Waals surface area contributed by atoms with Crippen LogP contribution in [0.2, 0.25) is 0 Å². The fraction of sp³-hybridized carbons (Fsp3) is 0.263. The molecule has 0 N–H and O–H groups in total. The average Bonchev–Trinajstić information content (AvgIpc) is 2.66. The van der Waals surface area contributed by atoms with Gasteiger partial charge in [-0.3, -0.25) is 14.9 Å². The first kappa shape index (κ1) is 18.9. The average molecular weight is 353 g/mol. The van der Waals surface area contributed by atoms with Gasteiger partial charge in [0.2, 0.25) is 0 Å². The van der Waals surface area contributed by atoms with E-state index in [0.29, 0.717) is 18.7 Å². The zero-order valence-corrected chi connectivity index (χ0v) is 14.4. The summed E-state index contributed by atoms with van der Waals surface area (Å²) in [5.41, 5.74) is 1.28. The number of nitro benzene ring substituents is 1. The number of rotatable bonds is 8. The smallest absolute Gasteiger partial charge is 0.310 e. The topological polar surface area (TPSA) is 96.5 Å². The van der Waals surface area contributed by atoms with Gasteiger partial charge in [-0.25, -0.2) is 0 Å². The predicted molar refractivity (Wildman–Crippen MR) is 95.5 cm³/mol. The molecule has 0 unspecified atom stereocenters. The van der Waals surface area contributed by atoms with Gasteiger partial charge >= 0.3 is 5.69 Å². The van der Waals surface area contributed by atoms with Crippen LogP contribution in [0.1, 0.15) is 24.5 Å². The fourth-order valence-electron chi connectivity index (χ4n) is 2.43. The van der Waals surface area contributed by atoms with Crippen LogP contribution in [0.25, 0.3) is 0 Å². The minimum Gasteiger partial charge on any atom is -0.477 e. The summed E-state index contributed by atoms with van der Waals surface area (Å²) >= 11 is 0. The van der Waals surface area contributed by atoms with E-state index in [-0.39, 0.29) is 24.0 Å². The third-order valence-electron chi connectivity index (χ3n) is 3.72. The lowest BCUT2D eigenvalue weighted by molar-refractivity contribution is -0.385. The SMILES string of the molecule is CCCN(Cc1ccc(C#N)cc1)C(=O)COc1ccccc1[N+](=O)[O-]. The van der Waals surface area contributed by atoms with E-state index in [4.69, 9.17) is 10.00 Å². The Labute approximate surface area is 151 Å². The summed E-state index contributed by atoms with van der Waals surface area (Å²) in [4.78, 5) is 24.6. The molecular formula is C19H19N3O4. The Hall–Kier alpha value is -3.40. The molecule has 0 heterocycles. The molecule has 0 saturated heterocycles. The Morgan fingerprint density at radius 1 is 1.23 bits per heavy atom. The van der Waals surface area contributed by atoms with Gasteiger partial charge in [0.15, 0.2) is 12.4 Å². The number of benzene rings is 2. The van der Waals surface area contributed by atoms with Crippen LogP contribution in [0.4, 0.5) is 5.69 Å². The first-order chi connectivity index (χ1) is 12.5. The molecule has 0 radical (unpaired) electrons. The lowest BCUT2D eigenvalue weighted by atomic mass is 10.1. The van der Waals surface area contributed by atoms with Gasteiger partial charge in [-0.2, -0.15) is 5.26 Å². The lowest BCUT2D eigenvalue weighted by Crippen LogP contribution is -2.35. The van der Waals surface area contributed by atoms with Crippen molar-refractivity contribution < 1.29 is 14.5 Å². The largest absolute Gasteiger partial charge is 0.477 e. The number of carbonyl (C=O) groups is 1. The standard InChI is InChI=1S/C19H19N3O4/c1-2-11-21(13-16-9-7-15(12-20)8-10-16)19(23)14-26-18-6-4-3-5-17(18)22(24)25/h3-10H,2,11,13-14H2,1H3. The molecule has 0 bridgehead atoms. The molecule has 0 fully saturated rings. The lowest BCUT2D eigenvalue weighted by Gasteiger charge is -2.22. The van der Waals surface area contributed by atoms with Crippen molar-refractivity contribution >= 4 is 11.6 Å². The molecule has 0 aromatic heterocycles. The van der Waals surface area contributed by atoms with E-state index in [1.54, 1.807) is 41.3 Å². The minimum absolute atomic E-state index is 0.0701. The van der Waals surface area contributed by atoms with Gasteiger partial charge in [0.1, 0.15) is 0 Å². The maximum atomic E-state index is 12.5. The monoisotopic (exact) mass is 353 g/mol. The molecule has 0 atom stereocenters. The van der Waals surface area contributed by atoms with Crippen molar-refractivity contribution in [3.63, 3.8) is 0 Å². The molecule has 2 aromatic rings. The van der Waals surface area contributed by atoms with Gasteiger partial charge in [-0.1, -0.05) is 31.2 Å². The summed E-state index contributed by atoms with van der Waals surface area (Å²) in [6.07, 6.45) is 0.771. The van der Waals surface area contributed by atoms with E-state index in [1.807, 2.05) is 6.92 Å². The molecule has 2 rings (SSSR count). The van der Waals surface area contributed by atoms with E-state index in [2.05, 4.69) is 6.07 Å². The Balaban J connectivity index is 2.04. The second-order valence-electron chi connectivity index (χ2n) is 5.64. The molecule has 26 heavy (non-hydrogen) atoms. The summed E-state index contributed by atoms with van der Waals surface area (Å²) in [6.45, 7) is 2.61. The van der Waals surface area contributed by atoms with Gasteiger partial charge in [-0.05, 0) is 30.2 Å². The van der Waals surface area contributed by atoms with Gasteiger partial charge in [0.05, 0.1) is 16.6 Å². The van der Waals surface area contributed by atoms with Crippen molar-refractivity contribution in [2.24, 2.45) is 0 Å². The van der Waals surface area contributed by atoms with E-state index in [0.717, 1.165) is 12.0 Å². The third-order valence-corrected chi connectivity index (χ3v) is 3.72. The van der Waals surface area contributed by atoms with Crippen LogP contribution in [0.5, 0.6) is 5.75 Å². The zero-order valence-electron chi connectivity index (χ0n) is 14.4. The van der Waals surface area contributed by atoms with Crippen LogP contribution >= 0.6 is 0 Å². The van der Waals surface area contributed by atoms with E-state index >= 15 is 0 Å². The Bertz CT molecular complexity index is 812. The van der Waals surface area contributed by atoms with Crippen molar-refractivity contribution in [3.05, 3.63) is 69.8 Å². The molecule has 0 saturated carbocycles. The molecular weight excluding hydrogens is 334 g/mol. The molecule has 2 aromatic carbocycles. The van der Waals surface area contributed by atoms with Gasteiger partial charge < -0.3 is 9.64 Å². The minimum atomic E-state index is -0.541. The summed E-state index contributed by atoms with van der Waals surface area (Å²) in [7, 11) is 0. The molecule has 0 spiro atoms. The summed E-state index contributed by atoms with van der Waals surface area (Å²) < 4.78 is 5.39. The molecule has 0 aliphatic heterocycles. The Morgan fingerprint density at radius 2 is 1.92 bits per heavy atom. The summed E-state index contributed by atoms with van der Waals surface area (Å²) in [5.74, 6) is -0.185. The normalized spacial score (nSPS) is 10.0. The van der Waals surface area contributed by atoms with Crippen LogP contribution in [-0.2, 0) is 11.3 Å². The molecule has 134 valence electrons. The summed E-state index contributed by atoms with van der Waals surface area (Å²) in [6, 6.07) is 15.0. The first-order valence-electron chi connectivity index (χ1n) is 8.18. The summed E-state index contributed by atoms with van der Waals surface area (Å²) in [5, 5.41) is 19.8. The fourth-order valence-corrected chi connectivity index (χ4v) is 2.43. The van der Waals surface area contributed by atoms with E-state index < -0.39 is 4.92 Å². The Morgan fingerprint density at radius 3 is 2.54 bits per heavy atom. The van der Waals surface area contributed by atoms with Crippen LogP contribution < -0.4 is 4.74 Å². The molecule has 1 amide bonds. The van der Waals surface area contributed by atoms with Crippen molar-refractivity contribution in [3.8, 4) is 11.8 Å². The number of amides is 1. The van der Waals surface area contributed by atoms with Gasteiger partial charge in [0.25, 0.3) is 5.91 Å². The maximum Gasteiger partial charge on any atom is 0.310 e. The molecule has 0 aliphatic carbocycles. The Kier molecular flexibility index (Phi) is 6.68. The first-order valence-corrected chi connectivity index (χ1v) is 8.18. The maximum absolute atomic E-state index is 12.5. The van der Waals surface area contributed by atoms with Gasteiger partial charge in [0, 0.05) is 19.2 Å². The van der Waals surface area contributed by atoms with Crippen molar-refractivity contribution in [2.75, 3.05) is 13.2 Å². The molecule has 7 heteroatoms. The second-order valence-corrected chi connectivity index (χ2v) is 5.64. The van der Waals surface area contributed by atoms with Crippen LogP contribution in [-0.4, -0.2) is 28.9 Å². The van der Waals surface area contributed by atoms with Crippen molar-refractivity contribution in [1.82, 2.24) is 4.90 Å². The highest BCUT2D eigenvalue weighted by atomic mass is 16.6. The number of nitrogens with zero attached hydrogens (tertiary/aromatic N) is 3. The molecule has 0 aliphatic rings. The highest BCUT2D eigenvalue weighted by molar-refractivity contribution is 5.78. The number of para-hydroxylation sites is 2. The number of nitro groups is 1. The van der Waals surface area contributed by atoms with Crippen LogP contribution in [0.3, 0.4) is 0 Å².